The molecule has 0 saturated carbocycles. The first-order valence-corrected chi connectivity index (χ1v) is 9.92. The summed E-state index contributed by atoms with van der Waals surface area (Å²) < 4.78 is 16.1. The molecule has 0 spiro atoms. The first kappa shape index (κ1) is 18.9. The molecule has 1 aliphatic heterocycles. The number of carbonyl (C=O) groups is 1. The Morgan fingerprint density at radius 2 is 1.87 bits per heavy atom. The van der Waals surface area contributed by atoms with Crippen LogP contribution in [-0.2, 0) is 6.54 Å². The molecule has 0 fully saturated rings. The lowest BCUT2D eigenvalue weighted by molar-refractivity contribution is 0.0952. The molecule has 0 radical (unpaired) electrons. The van der Waals surface area contributed by atoms with Gasteiger partial charge in [0.2, 0.25) is 6.79 Å². The summed E-state index contributed by atoms with van der Waals surface area (Å²) in [5.74, 6) is 1.99. The van der Waals surface area contributed by atoms with Gasteiger partial charge in [0.25, 0.3) is 5.91 Å². The van der Waals surface area contributed by atoms with Gasteiger partial charge < -0.3 is 19.5 Å². The average Bonchev–Trinajstić information content (AvgIpc) is 3.30. The summed E-state index contributed by atoms with van der Waals surface area (Å²) in [7, 11) is 1.63. The maximum Gasteiger partial charge on any atom is 0.252 e. The van der Waals surface area contributed by atoms with E-state index in [0.29, 0.717) is 23.6 Å². The topological polar surface area (TPSA) is 69.7 Å². The Hall–Kier alpha value is -4.06. The van der Waals surface area contributed by atoms with Crippen molar-refractivity contribution in [1.29, 1.82) is 0 Å². The highest BCUT2D eigenvalue weighted by molar-refractivity contribution is 6.07. The van der Waals surface area contributed by atoms with Gasteiger partial charge in [0.05, 0.1) is 23.9 Å². The summed E-state index contributed by atoms with van der Waals surface area (Å²) >= 11 is 0. The van der Waals surface area contributed by atoms with E-state index in [4.69, 9.17) is 19.2 Å². The SMILES string of the molecule is COc1cccc(-c2cc(C(=O)NCc3ccc4c(c3)OCO4)c3ccccc3n2)c1. The number of hydrogen-bond acceptors (Lipinski definition) is 5. The van der Waals surface area contributed by atoms with Gasteiger partial charge in [-0.05, 0) is 42.0 Å². The number of carbonyl (C=O) groups excluding carboxylic acids is 1. The molecule has 1 aromatic heterocycles. The third-order valence-electron chi connectivity index (χ3n) is 5.22. The monoisotopic (exact) mass is 412 g/mol. The molecule has 1 aliphatic rings. The van der Waals surface area contributed by atoms with Gasteiger partial charge in [-0.2, -0.15) is 0 Å². The van der Waals surface area contributed by atoms with Gasteiger partial charge in [-0.15, -0.1) is 0 Å². The number of nitrogens with one attached hydrogen (secondary N) is 1. The van der Waals surface area contributed by atoms with E-state index in [2.05, 4.69) is 5.32 Å². The number of aromatic nitrogens is 1. The standard InChI is InChI=1S/C25H20N2O4/c1-29-18-6-4-5-17(12-18)22-13-20(19-7-2-3-8-21(19)27-22)25(28)26-14-16-9-10-23-24(11-16)31-15-30-23/h2-13H,14-15H2,1H3,(H,26,28). The zero-order valence-corrected chi connectivity index (χ0v) is 16.9. The van der Waals surface area contributed by atoms with Crippen LogP contribution in [0.1, 0.15) is 15.9 Å². The van der Waals surface area contributed by atoms with Crippen LogP contribution in [0.3, 0.4) is 0 Å². The first-order chi connectivity index (χ1) is 15.2. The van der Waals surface area contributed by atoms with Crippen molar-refractivity contribution < 1.29 is 19.0 Å². The van der Waals surface area contributed by atoms with Crippen LogP contribution in [0, 0.1) is 0 Å². The summed E-state index contributed by atoms with van der Waals surface area (Å²) in [6.45, 7) is 0.599. The molecule has 1 amide bonds. The van der Waals surface area contributed by atoms with Crippen molar-refractivity contribution in [3.05, 3.63) is 83.9 Å². The summed E-state index contributed by atoms with van der Waals surface area (Å²) in [5.41, 5.74) is 3.87. The van der Waals surface area contributed by atoms with Gasteiger partial charge in [0.15, 0.2) is 11.5 Å². The number of fused-ring (bicyclic) bond motifs is 2. The zero-order chi connectivity index (χ0) is 21.2. The Balaban J connectivity index is 1.47. The fourth-order valence-electron chi connectivity index (χ4n) is 3.62. The molecule has 4 aromatic rings. The van der Waals surface area contributed by atoms with E-state index in [0.717, 1.165) is 33.5 Å². The van der Waals surface area contributed by atoms with Gasteiger partial charge >= 0.3 is 0 Å². The second kappa shape index (κ2) is 7.99. The Labute approximate surface area is 179 Å². The number of nitrogens with zero attached hydrogens (tertiary/aromatic N) is 1. The number of rotatable bonds is 5. The highest BCUT2D eigenvalue weighted by Crippen LogP contribution is 2.32. The molecule has 154 valence electrons. The third-order valence-corrected chi connectivity index (χ3v) is 5.22. The van der Waals surface area contributed by atoms with Crippen LogP contribution in [0.4, 0.5) is 0 Å². The largest absolute Gasteiger partial charge is 0.497 e. The first-order valence-electron chi connectivity index (χ1n) is 9.92. The summed E-state index contributed by atoms with van der Waals surface area (Å²) in [6, 6.07) is 22.8. The van der Waals surface area contributed by atoms with Crippen LogP contribution < -0.4 is 19.5 Å². The summed E-state index contributed by atoms with van der Waals surface area (Å²) in [5, 5.41) is 3.82. The van der Waals surface area contributed by atoms with Crippen LogP contribution in [-0.4, -0.2) is 24.8 Å². The van der Waals surface area contributed by atoms with Crippen molar-refractivity contribution in [2.45, 2.75) is 6.54 Å². The number of methoxy groups -OCH3 is 1. The molecule has 6 nitrogen and oxygen atoms in total. The third kappa shape index (κ3) is 3.75. The van der Waals surface area contributed by atoms with E-state index in [-0.39, 0.29) is 12.7 Å². The average molecular weight is 412 g/mol. The zero-order valence-electron chi connectivity index (χ0n) is 16.9. The predicted molar refractivity (Wildman–Crippen MR) is 117 cm³/mol. The molecule has 0 saturated heterocycles. The van der Waals surface area contributed by atoms with Crippen molar-refractivity contribution in [2.75, 3.05) is 13.9 Å². The van der Waals surface area contributed by atoms with E-state index >= 15 is 0 Å². The van der Waals surface area contributed by atoms with Gasteiger partial charge in [-0.1, -0.05) is 36.4 Å². The number of hydrogen-bond donors (Lipinski definition) is 1. The minimum Gasteiger partial charge on any atom is -0.497 e. The van der Waals surface area contributed by atoms with Crippen molar-refractivity contribution in [3.8, 4) is 28.5 Å². The lowest BCUT2D eigenvalue weighted by Gasteiger charge is -2.11. The maximum atomic E-state index is 13.2. The van der Waals surface area contributed by atoms with E-state index in [9.17, 15) is 4.79 Å². The van der Waals surface area contributed by atoms with E-state index in [1.54, 1.807) is 7.11 Å². The van der Waals surface area contributed by atoms with Crippen LogP contribution in [0.15, 0.2) is 72.8 Å². The molecule has 31 heavy (non-hydrogen) atoms. The van der Waals surface area contributed by atoms with E-state index < -0.39 is 0 Å². The highest BCUT2D eigenvalue weighted by Gasteiger charge is 2.16. The molecule has 0 atom stereocenters. The van der Waals surface area contributed by atoms with Crippen LogP contribution in [0.5, 0.6) is 17.2 Å². The number of benzene rings is 3. The molecular weight excluding hydrogens is 392 g/mol. The van der Waals surface area contributed by atoms with Crippen LogP contribution in [0.2, 0.25) is 0 Å². The fraction of sp³-hybridized carbons (Fsp3) is 0.120. The van der Waals surface area contributed by atoms with Crippen molar-refractivity contribution in [2.24, 2.45) is 0 Å². The van der Waals surface area contributed by atoms with Gasteiger partial charge in [0, 0.05) is 17.5 Å². The van der Waals surface area contributed by atoms with Crippen molar-refractivity contribution in [1.82, 2.24) is 10.3 Å². The highest BCUT2D eigenvalue weighted by atomic mass is 16.7. The van der Waals surface area contributed by atoms with Gasteiger partial charge in [-0.25, -0.2) is 4.98 Å². The Morgan fingerprint density at radius 3 is 2.77 bits per heavy atom. The van der Waals surface area contributed by atoms with Crippen molar-refractivity contribution in [3.63, 3.8) is 0 Å². The molecule has 1 N–H and O–H groups in total. The molecule has 3 aromatic carbocycles. The van der Waals surface area contributed by atoms with E-state index in [1.807, 2.05) is 72.8 Å². The predicted octanol–water partition coefficient (Wildman–Crippen LogP) is 4.57. The van der Waals surface area contributed by atoms with Crippen LogP contribution in [0.25, 0.3) is 22.2 Å². The quantitative estimate of drug-likeness (QED) is 0.520. The molecule has 0 aliphatic carbocycles. The molecule has 0 bridgehead atoms. The smallest absolute Gasteiger partial charge is 0.252 e. The van der Waals surface area contributed by atoms with Crippen LogP contribution >= 0.6 is 0 Å². The minimum atomic E-state index is -0.166. The second-order valence-electron chi connectivity index (χ2n) is 7.17. The lowest BCUT2D eigenvalue weighted by atomic mass is 10.0. The number of amides is 1. The molecule has 6 heteroatoms. The van der Waals surface area contributed by atoms with Gasteiger partial charge in [0.1, 0.15) is 5.75 Å². The lowest BCUT2D eigenvalue weighted by Crippen LogP contribution is -2.23. The minimum absolute atomic E-state index is 0.166. The maximum absolute atomic E-state index is 13.2. The summed E-state index contributed by atoms with van der Waals surface area (Å²) in [6.07, 6.45) is 0. The van der Waals surface area contributed by atoms with Gasteiger partial charge in [-0.3, -0.25) is 4.79 Å². The van der Waals surface area contributed by atoms with E-state index in [1.165, 1.54) is 0 Å². The molecule has 2 heterocycles. The fourth-order valence-corrected chi connectivity index (χ4v) is 3.62. The number of para-hydroxylation sites is 1. The normalized spacial score (nSPS) is 12.0. The molecular formula is C25H20N2O4. The number of pyridine rings is 1. The second-order valence-corrected chi connectivity index (χ2v) is 7.17. The van der Waals surface area contributed by atoms with Crippen molar-refractivity contribution >= 4 is 16.8 Å². The number of ether oxygens (including phenoxy) is 3. The summed E-state index contributed by atoms with van der Waals surface area (Å²) in [4.78, 5) is 17.9. The Kier molecular flexibility index (Phi) is 4.88. The molecule has 5 rings (SSSR count). The Bertz CT molecular complexity index is 1290. The Morgan fingerprint density at radius 1 is 1.00 bits per heavy atom. The molecule has 0 unspecified atom stereocenters.